The van der Waals surface area contributed by atoms with Crippen molar-refractivity contribution >= 4 is 41.1 Å². The van der Waals surface area contributed by atoms with Crippen molar-refractivity contribution in [1.82, 2.24) is 10.4 Å². The number of pyridine rings is 1. The zero-order valence-electron chi connectivity index (χ0n) is 17.5. The summed E-state index contributed by atoms with van der Waals surface area (Å²) in [6.45, 7) is 1.65. The molecule has 176 valence electrons. The Morgan fingerprint density at radius 3 is 2.35 bits per heavy atom. The number of urea groups is 1. The third kappa shape index (κ3) is 6.69. The Kier molecular flexibility index (Phi) is 7.69. The van der Waals surface area contributed by atoms with Crippen molar-refractivity contribution in [3.63, 3.8) is 0 Å². The molecule has 0 spiro atoms. The molecule has 0 saturated carbocycles. The minimum atomic E-state index is -4.65. The molecule has 12 heteroatoms. The average Bonchev–Trinajstić information content (AvgIpc) is 2.79. The van der Waals surface area contributed by atoms with Gasteiger partial charge >= 0.3 is 12.2 Å². The second kappa shape index (κ2) is 10.7. The highest BCUT2D eigenvalue weighted by atomic mass is 35.5. The van der Waals surface area contributed by atoms with E-state index in [1.807, 2.05) is 0 Å². The molecule has 0 aliphatic carbocycles. The maximum Gasteiger partial charge on any atom is 0.417 e. The highest BCUT2D eigenvalue weighted by molar-refractivity contribution is 6.31. The van der Waals surface area contributed by atoms with Gasteiger partial charge in [-0.15, -0.1) is 0 Å². The Morgan fingerprint density at radius 2 is 1.68 bits per heavy atom. The highest BCUT2D eigenvalue weighted by Gasteiger charge is 2.33. The SMILES string of the molecule is C/C=N/NC(=O)c1cc(Oc2ccc(NC(=O)Nc3ccc(Cl)c(C(F)(F)F)c3)cc2)ccn1. The Bertz CT molecular complexity index is 1220. The Hall–Kier alpha value is -4.12. The lowest BCUT2D eigenvalue weighted by molar-refractivity contribution is -0.137. The number of rotatable bonds is 6. The largest absolute Gasteiger partial charge is 0.457 e. The van der Waals surface area contributed by atoms with E-state index in [1.54, 1.807) is 25.1 Å². The Morgan fingerprint density at radius 1 is 1.00 bits per heavy atom. The number of aromatic nitrogens is 1. The second-order valence-electron chi connectivity index (χ2n) is 6.60. The number of carbonyl (C=O) groups is 2. The number of hydrogen-bond donors (Lipinski definition) is 3. The van der Waals surface area contributed by atoms with Crippen molar-refractivity contribution < 1.29 is 27.5 Å². The van der Waals surface area contributed by atoms with Gasteiger partial charge in [0.15, 0.2) is 0 Å². The summed E-state index contributed by atoms with van der Waals surface area (Å²) in [6, 6.07) is 11.5. The molecule has 3 amide bonds. The van der Waals surface area contributed by atoms with Crippen LogP contribution in [0.4, 0.5) is 29.3 Å². The number of carbonyl (C=O) groups excluding carboxylic acids is 2. The van der Waals surface area contributed by atoms with Crippen LogP contribution in [0.25, 0.3) is 0 Å². The van der Waals surface area contributed by atoms with E-state index in [9.17, 15) is 22.8 Å². The van der Waals surface area contributed by atoms with Crippen LogP contribution in [0.5, 0.6) is 11.5 Å². The van der Waals surface area contributed by atoms with Gasteiger partial charge in [-0.2, -0.15) is 18.3 Å². The van der Waals surface area contributed by atoms with Crippen molar-refractivity contribution in [3.05, 3.63) is 77.1 Å². The molecule has 8 nitrogen and oxygen atoms in total. The number of hydrogen-bond acceptors (Lipinski definition) is 5. The van der Waals surface area contributed by atoms with E-state index in [2.05, 4.69) is 26.1 Å². The summed E-state index contributed by atoms with van der Waals surface area (Å²) in [5.41, 5.74) is 1.64. The monoisotopic (exact) mass is 491 g/mol. The number of alkyl halides is 3. The first-order valence-electron chi connectivity index (χ1n) is 9.62. The smallest absolute Gasteiger partial charge is 0.417 e. The van der Waals surface area contributed by atoms with Gasteiger partial charge in [0.05, 0.1) is 10.6 Å². The van der Waals surface area contributed by atoms with Crippen LogP contribution >= 0.6 is 11.6 Å². The van der Waals surface area contributed by atoms with Crippen LogP contribution < -0.4 is 20.8 Å². The van der Waals surface area contributed by atoms with Crippen LogP contribution in [-0.2, 0) is 6.18 Å². The van der Waals surface area contributed by atoms with Crippen LogP contribution in [0.2, 0.25) is 5.02 Å². The first-order chi connectivity index (χ1) is 16.2. The lowest BCUT2D eigenvalue weighted by Gasteiger charge is -2.12. The van der Waals surface area contributed by atoms with Gasteiger partial charge in [0.1, 0.15) is 17.2 Å². The number of anilines is 2. The summed E-state index contributed by atoms with van der Waals surface area (Å²) in [7, 11) is 0. The maximum atomic E-state index is 13.0. The first-order valence-corrected chi connectivity index (χ1v) is 10.0. The number of nitrogens with one attached hydrogen (secondary N) is 3. The highest BCUT2D eigenvalue weighted by Crippen LogP contribution is 2.36. The maximum absolute atomic E-state index is 13.0. The molecule has 34 heavy (non-hydrogen) atoms. The molecule has 0 aliphatic rings. The molecule has 3 N–H and O–H groups in total. The number of nitrogens with zero attached hydrogens (tertiary/aromatic N) is 2. The van der Waals surface area contributed by atoms with Gasteiger partial charge in [0.2, 0.25) is 0 Å². The summed E-state index contributed by atoms with van der Waals surface area (Å²) in [6.07, 6.45) is -1.83. The minimum absolute atomic E-state index is 0.0728. The molecule has 2 aromatic carbocycles. The van der Waals surface area contributed by atoms with E-state index in [1.165, 1.54) is 36.7 Å². The predicted molar refractivity (Wildman–Crippen MR) is 121 cm³/mol. The third-order valence-electron chi connectivity index (χ3n) is 4.14. The fourth-order valence-electron chi connectivity index (χ4n) is 2.64. The third-order valence-corrected chi connectivity index (χ3v) is 4.47. The quantitative estimate of drug-likeness (QED) is 0.294. The molecular weight excluding hydrogens is 475 g/mol. The Labute approximate surface area is 196 Å². The first kappa shape index (κ1) is 24.5. The lowest BCUT2D eigenvalue weighted by Crippen LogP contribution is -2.19. The number of hydrazone groups is 1. The summed E-state index contributed by atoms with van der Waals surface area (Å²) < 4.78 is 44.6. The van der Waals surface area contributed by atoms with E-state index < -0.39 is 28.7 Å². The van der Waals surface area contributed by atoms with E-state index in [0.29, 0.717) is 17.2 Å². The van der Waals surface area contributed by atoms with E-state index in [-0.39, 0.29) is 11.4 Å². The minimum Gasteiger partial charge on any atom is -0.457 e. The number of benzene rings is 2. The van der Waals surface area contributed by atoms with Crippen LogP contribution in [0.1, 0.15) is 23.0 Å². The Balaban J connectivity index is 1.61. The van der Waals surface area contributed by atoms with E-state index in [0.717, 1.165) is 12.1 Å². The van der Waals surface area contributed by atoms with Crippen molar-refractivity contribution in [2.45, 2.75) is 13.1 Å². The average molecular weight is 492 g/mol. The van der Waals surface area contributed by atoms with Crippen LogP contribution in [0, 0.1) is 0 Å². The molecule has 0 aliphatic heterocycles. The topological polar surface area (TPSA) is 105 Å². The molecule has 0 saturated heterocycles. The van der Waals surface area contributed by atoms with E-state index in [4.69, 9.17) is 16.3 Å². The summed E-state index contributed by atoms with van der Waals surface area (Å²) in [5, 5.41) is 8.00. The number of ether oxygens (including phenoxy) is 1. The molecule has 0 fully saturated rings. The molecule has 3 aromatic rings. The van der Waals surface area contributed by atoms with Gasteiger partial charge in [-0.1, -0.05) is 11.6 Å². The fraction of sp³-hybridized carbons (Fsp3) is 0.0909. The second-order valence-corrected chi connectivity index (χ2v) is 7.01. The van der Waals surface area contributed by atoms with Crippen molar-refractivity contribution in [3.8, 4) is 11.5 Å². The van der Waals surface area contributed by atoms with Gasteiger partial charge in [0, 0.05) is 29.9 Å². The lowest BCUT2D eigenvalue weighted by atomic mass is 10.2. The van der Waals surface area contributed by atoms with Gasteiger partial charge in [-0.3, -0.25) is 9.78 Å². The zero-order valence-corrected chi connectivity index (χ0v) is 18.2. The normalized spacial score (nSPS) is 11.2. The standard InChI is InChI=1S/C22H17ClF3N5O3/c1-2-28-31-20(32)19-12-16(9-10-27-19)34-15-6-3-13(4-7-15)29-21(33)30-14-5-8-18(23)17(11-14)22(24,25)26/h2-12H,1H3,(H,31,32)(H2,29,30,33)/b28-2+. The van der Waals surface area contributed by atoms with Gasteiger partial charge in [-0.05, 0) is 55.5 Å². The summed E-state index contributed by atoms with van der Waals surface area (Å²) >= 11 is 5.58. The zero-order chi connectivity index (χ0) is 24.7. The van der Waals surface area contributed by atoms with Crippen molar-refractivity contribution in [2.24, 2.45) is 5.10 Å². The molecular formula is C22H17ClF3N5O3. The van der Waals surface area contributed by atoms with Crippen molar-refractivity contribution in [1.29, 1.82) is 0 Å². The molecule has 3 rings (SSSR count). The van der Waals surface area contributed by atoms with Crippen LogP contribution in [0.15, 0.2) is 65.9 Å². The predicted octanol–water partition coefficient (Wildman–Crippen LogP) is 5.93. The van der Waals surface area contributed by atoms with Gasteiger partial charge < -0.3 is 15.4 Å². The van der Waals surface area contributed by atoms with Crippen LogP contribution in [-0.4, -0.2) is 23.1 Å². The van der Waals surface area contributed by atoms with Gasteiger partial charge in [-0.25, -0.2) is 10.2 Å². The molecule has 1 aromatic heterocycles. The molecule has 0 bridgehead atoms. The molecule has 0 atom stereocenters. The number of amides is 3. The molecule has 1 heterocycles. The van der Waals surface area contributed by atoms with E-state index >= 15 is 0 Å². The summed E-state index contributed by atoms with van der Waals surface area (Å²) in [4.78, 5) is 28.0. The fourth-order valence-corrected chi connectivity index (χ4v) is 2.86. The van der Waals surface area contributed by atoms with Crippen LogP contribution in [0.3, 0.4) is 0 Å². The van der Waals surface area contributed by atoms with Crippen molar-refractivity contribution in [2.75, 3.05) is 10.6 Å². The molecule has 0 unspecified atom stereocenters. The molecule has 0 radical (unpaired) electrons. The summed E-state index contributed by atoms with van der Waals surface area (Å²) in [5.74, 6) is 0.252. The van der Waals surface area contributed by atoms with Gasteiger partial charge in [0.25, 0.3) is 5.91 Å². The number of halogens is 4.